The quantitative estimate of drug-likeness (QED) is 0.164. The number of furan rings is 1. The summed E-state index contributed by atoms with van der Waals surface area (Å²) in [4.78, 5) is 9.13. The molecule has 0 spiro atoms. The average Bonchev–Trinajstić information content (AvgIpc) is 3.62. The van der Waals surface area contributed by atoms with Crippen molar-refractivity contribution in [2.45, 2.75) is 41.0 Å². The third-order valence-corrected chi connectivity index (χ3v) is 7.42. The second-order valence-electron chi connectivity index (χ2n) is 11.2. The van der Waals surface area contributed by atoms with Crippen LogP contribution >= 0.6 is 0 Å². The van der Waals surface area contributed by atoms with Gasteiger partial charge in [0.05, 0.1) is 16.9 Å². The Labute approximate surface area is 277 Å². The molecule has 0 aliphatic heterocycles. The van der Waals surface area contributed by atoms with E-state index in [4.69, 9.17) is 13.5 Å². The van der Waals surface area contributed by atoms with Crippen LogP contribution in [-0.2, 0) is 26.5 Å². The van der Waals surface area contributed by atoms with E-state index in [0.717, 1.165) is 51.1 Å². The topological polar surface area (TPSA) is 43.9 Å². The van der Waals surface area contributed by atoms with Gasteiger partial charge in [0, 0.05) is 47.9 Å². The van der Waals surface area contributed by atoms with Crippen LogP contribution in [0.5, 0.6) is 0 Å². The Bertz CT molecular complexity index is 2090. The van der Waals surface area contributed by atoms with E-state index in [0.29, 0.717) is 5.92 Å². The summed E-state index contributed by atoms with van der Waals surface area (Å²) in [6, 6.07) is 34.9. The van der Waals surface area contributed by atoms with E-state index in [1.165, 1.54) is 28.6 Å². The molecule has 3 aromatic heterocycles. The summed E-state index contributed by atoms with van der Waals surface area (Å²) in [6.07, 6.45) is 5.59. The van der Waals surface area contributed by atoms with Crippen molar-refractivity contribution in [3.8, 4) is 28.3 Å². The predicted octanol–water partition coefficient (Wildman–Crippen LogP) is 9.91. The third-order valence-electron chi connectivity index (χ3n) is 7.42. The van der Waals surface area contributed by atoms with Gasteiger partial charge in [-0.15, -0.1) is 42.0 Å². The minimum atomic E-state index is -2.09. The van der Waals surface area contributed by atoms with Gasteiger partial charge in [0.25, 0.3) is 0 Å². The van der Waals surface area contributed by atoms with Gasteiger partial charge in [-0.2, -0.15) is 0 Å². The number of benzene rings is 4. The summed E-state index contributed by atoms with van der Waals surface area (Å²) in [5.74, 6) is 1.47. The van der Waals surface area contributed by atoms with Gasteiger partial charge in [0.15, 0.2) is 0 Å². The van der Waals surface area contributed by atoms with Crippen molar-refractivity contribution < 1.29 is 28.6 Å². The zero-order chi connectivity index (χ0) is 32.4. The van der Waals surface area contributed by atoms with Crippen LogP contribution in [0.4, 0.5) is 0 Å². The van der Waals surface area contributed by atoms with Crippen LogP contribution < -0.4 is 0 Å². The van der Waals surface area contributed by atoms with Crippen molar-refractivity contribution in [1.29, 1.82) is 0 Å². The normalized spacial score (nSPS) is 12.2. The van der Waals surface area contributed by atoms with E-state index in [1.807, 2.05) is 24.3 Å². The Morgan fingerprint density at radius 3 is 2.41 bits per heavy atom. The van der Waals surface area contributed by atoms with Crippen molar-refractivity contribution >= 4 is 22.0 Å². The number of rotatable bonds is 5. The van der Waals surface area contributed by atoms with Crippen molar-refractivity contribution in [3.63, 3.8) is 0 Å². The average molecular weight is 757 g/mol. The van der Waals surface area contributed by atoms with Gasteiger partial charge in [-0.25, -0.2) is 0 Å². The molecule has 223 valence electrons. The monoisotopic (exact) mass is 757 g/mol. The van der Waals surface area contributed by atoms with Crippen LogP contribution in [0.2, 0.25) is 0 Å². The molecule has 44 heavy (non-hydrogen) atoms. The summed E-state index contributed by atoms with van der Waals surface area (Å²) in [6.45, 7) is 6.67. The van der Waals surface area contributed by atoms with Crippen LogP contribution in [0, 0.1) is 38.9 Å². The fourth-order valence-electron chi connectivity index (χ4n) is 5.47. The second-order valence-corrected chi connectivity index (χ2v) is 11.2. The van der Waals surface area contributed by atoms with E-state index in [1.54, 1.807) is 18.2 Å². The molecule has 7 aromatic rings. The predicted molar refractivity (Wildman–Crippen MR) is 176 cm³/mol. The fourth-order valence-corrected chi connectivity index (χ4v) is 5.47. The van der Waals surface area contributed by atoms with Gasteiger partial charge in [-0.1, -0.05) is 85.0 Å². The molecule has 4 nitrogen and oxygen atoms in total. The van der Waals surface area contributed by atoms with E-state index in [2.05, 4.69) is 104 Å². The largest absolute Gasteiger partial charge is 0.557 e. The van der Waals surface area contributed by atoms with Crippen molar-refractivity contribution in [1.82, 2.24) is 14.5 Å². The Morgan fingerprint density at radius 1 is 0.909 bits per heavy atom. The molecule has 5 heteroatoms. The van der Waals surface area contributed by atoms with Gasteiger partial charge >= 0.3 is 0 Å². The van der Waals surface area contributed by atoms with E-state index in [-0.39, 0.29) is 25.7 Å². The first-order chi connectivity index (χ1) is 22.1. The van der Waals surface area contributed by atoms with Gasteiger partial charge in [-0.05, 0) is 67.6 Å². The Balaban J connectivity index is 0.000000217. The Kier molecular flexibility index (Phi) is 8.39. The molecule has 0 fully saturated rings. The van der Waals surface area contributed by atoms with Crippen LogP contribution in [0.1, 0.15) is 40.2 Å². The van der Waals surface area contributed by atoms with Crippen LogP contribution in [-0.4, -0.2) is 14.5 Å². The van der Waals surface area contributed by atoms with Crippen molar-refractivity contribution in [2.24, 2.45) is 5.92 Å². The van der Waals surface area contributed by atoms with Crippen molar-refractivity contribution in [3.05, 3.63) is 138 Å². The molecule has 0 saturated heterocycles. The first-order valence-corrected chi connectivity index (χ1v) is 14.5. The summed E-state index contributed by atoms with van der Waals surface area (Å²) < 4.78 is 29.8. The molecule has 1 radical (unpaired) electrons. The number of hydrogen-bond donors (Lipinski definition) is 0. The minimum absolute atomic E-state index is 0. The molecule has 0 saturated carbocycles. The first kappa shape index (κ1) is 27.3. The van der Waals surface area contributed by atoms with E-state index < -0.39 is 6.85 Å². The van der Waals surface area contributed by atoms with Crippen molar-refractivity contribution in [2.75, 3.05) is 0 Å². The molecule has 4 aromatic carbocycles. The SMILES string of the molecule is Cc1cccc(C)c1-n1c(-c2[c-]oc3cc(CC(C)C)ccc23)nc2ccccc21.[2H]C([2H])([2H])c1ccc(-c2[c-]cccc2)nc1.[Ir]. The number of pyridine rings is 1. The summed E-state index contributed by atoms with van der Waals surface area (Å²) in [5, 5.41) is 1.05. The zero-order valence-corrected chi connectivity index (χ0v) is 27.6. The maximum atomic E-state index is 7.23. The minimum Gasteiger partial charge on any atom is -0.557 e. The number of aryl methyl sites for hydroxylation is 3. The molecule has 0 atom stereocenters. The number of fused-ring (bicyclic) bond motifs is 2. The summed E-state index contributed by atoms with van der Waals surface area (Å²) >= 11 is 0. The van der Waals surface area contributed by atoms with E-state index in [9.17, 15) is 0 Å². The molecule has 0 amide bonds. The molecular formula is C39H35IrN3O-2. The number of imidazole rings is 1. The first-order valence-electron chi connectivity index (χ1n) is 16.0. The fraction of sp³-hybridized carbons (Fsp3) is 0.179. The second kappa shape index (κ2) is 13.5. The Hall–Kier alpha value is -4.31. The summed E-state index contributed by atoms with van der Waals surface area (Å²) in [7, 11) is 0. The summed E-state index contributed by atoms with van der Waals surface area (Å²) in [5.41, 5.74) is 10.6. The van der Waals surface area contributed by atoms with Gasteiger partial charge < -0.3 is 14.0 Å². The molecule has 0 unspecified atom stereocenters. The molecule has 0 bridgehead atoms. The third kappa shape index (κ3) is 6.45. The van der Waals surface area contributed by atoms with Gasteiger partial charge in [0.1, 0.15) is 0 Å². The molecule has 0 N–H and O–H groups in total. The maximum absolute atomic E-state index is 7.23. The number of hydrogen-bond acceptors (Lipinski definition) is 3. The Morgan fingerprint density at radius 2 is 1.70 bits per heavy atom. The number of para-hydroxylation sites is 3. The number of nitrogens with zero attached hydrogens (tertiary/aromatic N) is 3. The molecule has 0 aliphatic carbocycles. The zero-order valence-electron chi connectivity index (χ0n) is 28.2. The maximum Gasteiger partial charge on any atom is 0.0774 e. The van der Waals surface area contributed by atoms with Crippen LogP contribution in [0.15, 0.2) is 108 Å². The molecular weight excluding hydrogens is 719 g/mol. The van der Waals surface area contributed by atoms with E-state index >= 15 is 0 Å². The van der Waals surface area contributed by atoms with Gasteiger partial charge in [-0.3, -0.25) is 4.98 Å². The van der Waals surface area contributed by atoms with Gasteiger partial charge in [0.2, 0.25) is 0 Å². The molecule has 3 heterocycles. The van der Waals surface area contributed by atoms with Crippen LogP contribution in [0.25, 0.3) is 50.3 Å². The molecule has 0 aliphatic rings. The van der Waals surface area contributed by atoms with Crippen LogP contribution in [0.3, 0.4) is 0 Å². The smallest absolute Gasteiger partial charge is 0.0774 e. The number of aromatic nitrogens is 3. The standard InChI is InChI=1S/C27H25N2O.C12H10N.Ir/c1-17(2)14-20-12-13-21-22(16-30-25(21)15-20)27-28-23-10-5-6-11-24(23)29(27)26-18(3)8-7-9-19(26)4;1-10-7-8-12(13-9-10)11-5-3-2-4-6-11;/h5-13,15,17H,14H2,1-4H3;2-5,7-9H,1H3;/q2*-1;/i;1D3;. The molecule has 7 rings (SSSR count).